The Morgan fingerprint density at radius 1 is 1.38 bits per heavy atom. The molecule has 2 heterocycles. The van der Waals surface area contributed by atoms with Gasteiger partial charge in [0.05, 0.1) is 10.8 Å². The van der Waals surface area contributed by atoms with Crippen molar-refractivity contribution in [3.63, 3.8) is 0 Å². The summed E-state index contributed by atoms with van der Waals surface area (Å²) in [6.45, 7) is 5.95. The largest absolute Gasteiger partial charge is 0.444 e. The summed E-state index contributed by atoms with van der Waals surface area (Å²) in [5.41, 5.74) is -0.539. The molecule has 24 heavy (non-hydrogen) atoms. The zero-order valence-corrected chi connectivity index (χ0v) is 14.8. The lowest BCUT2D eigenvalue weighted by atomic mass is 10.1. The monoisotopic (exact) mass is 351 g/mol. The van der Waals surface area contributed by atoms with Crippen LogP contribution in [0.15, 0.2) is 23.4 Å². The fourth-order valence-corrected chi connectivity index (χ4v) is 4.31. The molecular weight excluding hydrogens is 330 g/mol. The van der Waals surface area contributed by atoms with Gasteiger partial charge >= 0.3 is 6.09 Å². The molecule has 0 bridgehead atoms. The summed E-state index contributed by atoms with van der Waals surface area (Å²) in [5.74, 6) is 0. The molecule has 1 aliphatic heterocycles. The Balaban J connectivity index is 2.09. The van der Waals surface area contributed by atoms with E-state index in [9.17, 15) is 13.2 Å². The van der Waals surface area contributed by atoms with E-state index in [1.807, 2.05) is 6.07 Å². The van der Waals surface area contributed by atoms with Crippen molar-refractivity contribution in [3.05, 3.63) is 23.9 Å². The third kappa shape index (κ3) is 4.03. The fourth-order valence-electron chi connectivity index (χ4n) is 2.54. The van der Waals surface area contributed by atoms with Crippen LogP contribution < -0.4 is 0 Å². The summed E-state index contributed by atoms with van der Waals surface area (Å²) in [7, 11) is -3.70. The number of ether oxygens (including phenoxy) is 1. The van der Waals surface area contributed by atoms with E-state index in [0.29, 0.717) is 25.9 Å². The first-order valence-corrected chi connectivity index (χ1v) is 9.27. The molecule has 0 saturated carbocycles. The number of amides is 1. The molecule has 1 aliphatic rings. The number of carbonyl (C=O) groups excluding carboxylic acids is 1. The predicted molar refractivity (Wildman–Crippen MR) is 87.0 cm³/mol. The molecule has 1 aromatic rings. The smallest absolute Gasteiger partial charge is 0.410 e. The second-order valence-electron chi connectivity index (χ2n) is 6.68. The summed E-state index contributed by atoms with van der Waals surface area (Å²) in [6.07, 6.45) is 1.52. The molecule has 0 aliphatic carbocycles. The number of sulfone groups is 1. The average Bonchev–Trinajstić information content (AvgIpc) is 2.53. The molecule has 8 heteroatoms. The minimum Gasteiger partial charge on any atom is -0.444 e. The van der Waals surface area contributed by atoms with E-state index in [4.69, 9.17) is 10.00 Å². The van der Waals surface area contributed by atoms with Crippen molar-refractivity contribution in [1.82, 2.24) is 9.88 Å². The molecule has 7 nitrogen and oxygen atoms in total. The van der Waals surface area contributed by atoms with Crippen molar-refractivity contribution in [2.75, 3.05) is 13.1 Å². The van der Waals surface area contributed by atoms with Crippen molar-refractivity contribution < 1.29 is 17.9 Å². The molecule has 1 aromatic heterocycles. The third-order valence-electron chi connectivity index (χ3n) is 3.69. The summed E-state index contributed by atoms with van der Waals surface area (Å²) in [6, 6.07) is 4.84. The van der Waals surface area contributed by atoms with E-state index in [2.05, 4.69) is 4.98 Å². The average molecular weight is 351 g/mol. The number of rotatable bonds is 2. The van der Waals surface area contributed by atoms with Gasteiger partial charge in [-0.25, -0.2) is 18.2 Å². The van der Waals surface area contributed by atoms with Crippen LogP contribution in [0, 0.1) is 11.3 Å². The lowest BCUT2D eigenvalue weighted by molar-refractivity contribution is 0.0217. The van der Waals surface area contributed by atoms with Crippen LogP contribution in [-0.2, 0) is 14.6 Å². The summed E-state index contributed by atoms with van der Waals surface area (Å²) < 4.78 is 30.7. The number of likely N-dealkylation sites (tertiary alicyclic amines) is 1. The summed E-state index contributed by atoms with van der Waals surface area (Å²) >= 11 is 0. The van der Waals surface area contributed by atoms with Gasteiger partial charge in [-0.3, -0.25) is 0 Å². The standard InChI is InChI=1S/C16H21N3O4S/c1-16(2,3)23-15(20)19-9-6-13(7-10-19)24(21,22)14-12(11-17)5-4-8-18-14/h4-5,8,13H,6-7,9-10H2,1-3H3. The molecular formula is C16H21N3O4S. The van der Waals surface area contributed by atoms with Crippen LogP contribution in [0.3, 0.4) is 0 Å². The molecule has 0 unspecified atom stereocenters. The molecule has 1 amide bonds. The summed E-state index contributed by atoms with van der Waals surface area (Å²) in [4.78, 5) is 17.4. The highest BCUT2D eigenvalue weighted by atomic mass is 32.2. The third-order valence-corrected chi connectivity index (χ3v) is 5.91. The number of piperidine rings is 1. The molecule has 130 valence electrons. The van der Waals surface area contributed by atoms with Gasteiger partial charge in [0.15, 0.2) is 14.9 Å². The van der Waals surface area contributed by atoms with Crippen LogP contribution in [0.2, 0.25) is 0 Å². The molecule has 0 atom stereocenters. The SMILES string of the molecule is CC(C)(C)OC(=O)N1CCC(S(=O)(=O)c2ncccc2C#N)CC1. The molecule has 1 fully saturated rings. The van der Waals surface area contributed by atoms with Crippen molar-refractivity contribution in [2.24, 2.45) is 0 Å². The van der Waals surface area contributed by atoms with E-state index >= 15 is 0 Å². The van der Waals surface area contributed by atoms with Gasteiger partial charge in [0.25, 0.3) is 0 Å². The van der Waals surface area contributed by atoms with Crippen LogP contribution in [0.25, 0.3) is 0 Å². The van der Waals surface area contributed by atoms with Crippen molar-refractivity contribution in [2.45, 2.75) is 49.5 Å². The molecule has 2 rings (SSSR count). The number of nitrogens with zero attached hydrogens (tertiary/aromatic N) is 3. The van der Waals surface area contributed by atoms with E-state index < -0.39 is 26.8 Å². The zero-order valence-electron chi connectivity index (χ0n) is 14.0. The van der Waals surface area contributed by atoms with Crippen molar-refractivity contribution in [3.8, 4) is 6.07 Å². The Labute approximate surface area is 142 Å². The second-order valence-corrected chi connectivity index (χ2v) is 8.82. The quantitative estimate of drug-likeness (QED) is 0.809. The van der Waals surface area contributed by atoms with Gasteiger partial charge in [-0.2, -0.15) is 5.26 Å². The van der Waals surface area contributed by atoms with Crippen molar-refractivity contribution >= 4 is 15.9 Å². The van der Waals surface area contributed by atoms with Crippen LogP contribution in [0.1, 0.15) is 39.2 Å². The first kappa shape index (κ1) is 18.2. The maximum absolute atomic E-state index is 12.7. The fraction of sp³-hybridized carbons (Fsp3) is 0.562. The summed E-state index contributed by atoms with van der Waals surface area (Å²) in [5, 5.41) is 8.25. The Morgan fingerprint density at radius 3 is 2.54 bits per heavy atom. The number of nitriles is 1. The molecule has 0 aromatic carbocycles. The Kier molecular flexibility index (Phi) is 5.13. The molecule has 0 N–H and O–H groups in total. The van der Waals surface area contributed by atoms with Crippen LogP contribution in [0.5, 0.6) is 0 Å². The number of pyridine rings is 1. The Morgan fingerprint density at radius 2 is 2.00 bits per heavy atom. The molecule has 1 saturated heterocycles. The number of hydrogen-bond acceptors (Lipinski definition) is 6. The van der Waals surface area contributed by atoms with Crippen LogP contribution >= 0.6 is 0 Å². The number of hydrogen-bond donors (Lipinski definition) is 0. The number of aromatic nitrogens is 1. The van der Waals surface area contributed by atoms with Gasteiger partial charge in [-0.05, 0) is 45.7 Å². The van der Waals surface area contributed by atoms with Gasteiger partial charge in [0.2, 0.25) is 0 Å². The molecule has 0 spiro atoms. The van der Waals surface area contributed by atoms with Gasteiger partial charge in [-0.15, -0.1) is 0 Å². The van der Waals surface area contributed by atoms with E-state index in [1.165, 1.54) is 23.2 Å². The van der Waals surface area contributed by atoms with E-state index in [1.54, 1.807) is 20.8 Å². The normalized spacial score (nSPS) is 16.5. The first-order valence-electron chi connectivity index (χ1n) is 7.72. The van der Waals surface area contributed by atoms with Gasteiger partial charge in [-0.1, -0.05) is 0 Å². The first-order chi connectivity index (χ1) is 11.1. The lowest BCUT2D eigenvalue weighted by Gasteiger charge is -2.33. The predicted octanol–water partition coefficient (Wildman–Crippen LogP) is 2.13. The van der Waals surface area contributed by atoms with Gasteiger partial charge < -0.3 is 9.64 Å². The maximum Gasteiger partial charge on any atom is 0.410 e. The van der Waals surface area contributed by atoms with E-state index in [0.717, 1.165) is 0 Å². The van der Waals surface area contributed by atoms with Crippen LogP contribution in [0.4, 0.5) is 4.79 Å². The van der Waals surface area contributed by atoms with E-state index in [-0.39, 0.29) is 10.6 Å². The minimum atomic E-state index is -3.70. The Bertz CT molecular complexity index is 754. The molecule has 0 radical (unpaired) electrons. The topological polar surface area (TPSA) is 100 Å². The minimum absolute atomic E-state index is 0.0482. The highest BCUT2D eigenvalue weighted by molar-refractivity contribution is 7.92. The zero-order chi connectivity index (χ0) is 18.0. The van der Waals surface area contributed by atoms with Gasteiger partial charge in [0.1, 0.15) is 11.7 Å². The van der Waals surface area contributed by atoms with Crippen molar-refractivity contribution in [1.29, 1.82) is 5.26 Å². The van der Waals surface area contributed by atoms with Gasteiger partial charge in [0, 0.05) is 19.3 Å². The number of carbonyl (C=O) groups is 1. The second kappa shape index (κ2) is 6.77. The Hall–Kier alpha value is -2.14. The van der Waals surface area contributed by atoms with Crippen LogP contribution in [-0.4, -0.2) is 48.3 Å². The highest BCUT2D eigenvalue weighted by Gasteiger charge is 2.36. The lowest BCUT2D eigenvalue weighted by Crippen LogP contribution is -2.44. The highest BCUT2D eigenvalue weighted by Crippen LogP contribution is 2.26. The maximum atomic E-state index is 12.7.